The number of aromatic nitrogens is 3. The van der Waals surface area contributed by atoms with Crippen molar-refractivity contribution < 1.29 is 14.7 Å². The number of carbonyl (C=O) groups excluding carboxylic acids is 1. The molecule has 2 fully saturated rings. The molecule has 0 saturated heterocycles. The van der Waals surface area contributed by atoms with E-state index < -0.39 is 28.7 Å². The van der Waals surface area contributed by atoms with E-state index in [4.69, 9.17) is 0 Å². The van der Waals surface area contributed by atoms with Gasteiger partial charge in [-0.25, -0.2) is 14.6 Å². The van der Waals surface area contributed by atoms with Gasteiger partial charge in [0.2, 0.25) is 0 Å². The molecular formula is C18H20N4O5. The van der Waals surface area contributed by atoms with Gasteiger partial charge >= 0.3 is 11.7 Å². The van der Waals surface area contributed by atoms with Gasteiger partial charge in [0, 0.05) is 18.7 Å². The quantitative estimate of drug-likeness (QED) is 0.720. The number of nitrogens with one attached hydrogen (secondary N) is 2. The first kappa shape index (κ1) is 17.4. The number of aromatic amines is 1. The monoisotopic (exact) mass is 372 g/mol. The van der Waals surface area contributed by atoms with Crippen LogP contribution in [0.4, 0.5) is 0 Å². The van der Waals surface area contributed by atoms with Crippen LogP contribution >= 0.6 is 0 Å². The summed E-state index contributed by atoms with van der Waals surface area (Å²) in [4.78, 5) is 55.8. The summed E-state index contributed by atoms with van der Waals surface area (Å²) in [7, 11) is 1.47. The summed E-state index contributed by atoms with van der Waals surface area (Å²) in [5, 5.41) is 12.3. The lowest BCUT2D eigenvalue weighted by Crippen LogP contribution is -2.52. The highest BCUT2D eigenvalue weighted by Gasteiger charge is 2.43. The average molecular weight is 372 g/mol. The van der Waals surface area contributed by atoms with E-state index in [-0.39, 0.29) is 22.5 Å². The average Bonchev–Trinajstić information content (AvgIpc) is 3.37. The van der Waals surface area contributed by atoms with Crippen molar-refractivity contribution in [3.63, 3.8) is 0 Å². The van der Waals surface area contributed by atoms with Crippen molar-refractivity contribution in [2.24, 2.45) is 7.05 Å². The largest absolute Gasteiger partial charge is 0.480 e. The number of amides is 1. The fourth-order valence-corrected chi connectivity index (χ4v) is 3.78. The highest BCUT2D eigenvalue weighted by atomic mass is 16.4. The van der Waals surface area contributed by atoms with E-state index in [1.54, 1.807) is 6.07 Å². The van der Waals surface area contributed by atoms with Gasteiger partial charge in [-0.3, -0.25) is 19.1 Å². The van der Waals surface area contributed by atoms with Gasteiger partial charge in [-0.1, -0.05) is 12.8 Å². The number of carboxylic acids is 1. The molecule has 0 aliphatic heterocycles. The molecule has 2 aliphatic carbocycles. The van der Waals surface area contributed by atoms with Crippen LogP contribution in [0.2, 0.25) is 0 Å². The van der Waals surface area contributed by atoms with E-state index in [2.05, 4.69) is 15.3 Å². The van der Waals surface area contributed by atoms with Crippen LogP contribution in [-0.4, -0.2) is 37.1 Å². The van der Waals surface area contributed by atoms with Gasteiger partial charge < -0.3 is 10.4 Å². The number of hydrogen-bond donors (Lipinski definition) is 3. The number of aliphatic carboxylic acids is 1. The lowest BCUT2D eigenvalue weighted by Gasteiger charge is -2.25. The normalized spacial score (nSPS) is 18.6. The lowest BCUT2D eigenvalue weighted by atomic mass is 9.96. The smallest absolute Gasteiger partial charge is 0.329 e. The Morgan fingerprint density at radius 1 is 1.30 bits per heavy atom. The van der Waals surface area contributed by atoms with Crippen LogP contribution in [0.3, 0.4) is 0 Å². The molecule has 2 aliphatic rings. The van der Waals surface area contributed by atoms with E-state index in [9.17, 15) is 24.3 Å². The number of fused-ring (bicyclic) bond motifs is 1. The Bertz CT molecular complexity index is 1070. The Hall–Kier alpha value is -2.97. The van der Waals surface area contributed by atoms with Crippen LogP contribution in [0, 0.1) is 0 Å². The highest BCUT2D eigenvalue weighted by molar-refractivity contribution is 6.07. The minimum atomic E-state index is -1.32. The molecule has 2 heterocycles. The maximum atomic E-state index is 13.0. The first-order valence-electron chi connectivity index (χ1n) is 9.02. The molecule has 2 aromatic rings. The number of pyridine rings is 1. The zero-order chi connectivity index (χ0) is 19.3. The number of nitrogens with zero attached hydrogens (tertiary/aromatic N) is 2. The van der Waals surface area contributed by atoms with Crippen molar-refractivity contribution in [3.05, 3.63) is 38.2 Å². The fourth-order valence-electron chi connectivity index (χ4n) is 3.78. The van der Waals surface area contributed by atoms with Crippen molar-refractivity contribution in [2.75, 3.05) is 0 Å². The second-order valence-corrected chi connectivity index (χ2v) is 7.43. The molecule has 0 atom stereocenters. The number of carbonyl (C=O) groups is 2. The van der Waals surface area contributed by atoms with Gasteiger partial charge in [-0.15, -0.1) is 0 Å². The SMILES string of the molecule is Cn1c(=O)[nH]c(=O)c2c(C(=O)NC3(C(=O)O)CCCC3)cc(C3CC3)nc21. The number of aryl methyl sites for hydroxylation is 1. The molecule has 0 aromatic carbocycles. The molecule has 0 spiro atoms. The maximum Gasteiger partial charge on any atom is 0.329 e. The number of H-pyrrole nitrogens is 1. The lowest BCUT2D eigenvalue weighted by molar-refractivity contribution is -0.144. The molecule has 1 amide bonds. The molecule has 0 bridgehead atoms. The van der Waals surface area contributed by atoms with Gasteiger partial charge in [0.15, 0.2) is 0 Å². The Morgan fingerprint density at radius 3 is 2.56 bits per heavy atom. The van der Waals surface area contributed by atoms with E-state index in [0.717, 1.165) is 12.8 Å². The fraction of sp³-hybridized carbons (Fsp3) is 0.500. The molecule has 27 heavy (non-hydrogen) atoms. The minimum absolute atomic E-state index is 0.00228. The Balaban J connectivity index is 1.88. The zero-order valence-electron chi connectivity index (χ0n) is 14.9. The molecular weight excluding hydrogens is 352 g/mol. The number of carboxylic acid groups (broad SMARTS) is 1. The standard InChI is InChI=1S/C18H20N4O5/c1-22-13-12(15(24)20-17(22)27)10(8-11(19-13)9-4-5-9)14(23)21-18(16(25)26)6-2-3-7-18/h8-9H,2-7H2,1H3,(H,21,23)(H,25,26)(H,20,24,27). The Morgan fingerprint density at radius 2 is 1.96 bits per heavy atom. The third-order valence-electron chi connectivity index (χ3n) is 5.55. The van der Waals surface area contributed by atoms with Crippen LogP contribution in [0.25, 0.3) is 11.0 Å². The summed E-state index contributed by atoms with van der Waals surface area (Å²) in [5.74, 6) is -1.51. The van der Waals surface area contributed by atoms with Crippen molar-refractivity contribution in [2.45, 2.75) is 50.0 Å². The van der Waals surface area contributed by atoms with Crippen LogP contribution in [0.5, 0.6) is 0 Å². The van der Waals surface area contributed by atoms with Gasteiger partial charge in [0.05, 0.1) is 10.9 Å². The molecule has 9 nitrogen and oxygen atoms in total. The van der Waals surface area contributed by atoms with E-state index in [1.807, 2.05) is 0 Å². The summed E-state index contributed by atoms with van der Waals surface area (Å²) < 4.78 is 1.20. The second kappa shape index (κ2) is 6.04. The topological polar surface area (TPSA) is 134 Å². The first-order chi connectivity index (χ1) is 12.8. The van der Waals surface area contributed by atoms with Crippen molar-refractivity contribution in [3.8, 4) is 0 Å². The summed E-state index contributed by atoms with van der Waals surface area (Å²) in [5.41, 5.74) is -1.80. The summed E-state index contributed by atoms with van der Waals surface area (Å²) in [6.45, 7) is 0. The molecule has 2 saturated carbocycles. The predicted molar refractivity (Wildman–Crippen MR) is 95.9 cm³/mol. The van der Waals surface area contributed by atoms with Crippen molar-refractivity contribution in [1.29, 1.82) is 0 Å². The minimum Gasteiger partial charge on any atom is -0.480 e. The van der Waals surface area contributed by atoms with Gasteiger partial charge in [0.25, 0.3) is 11.5 Å². The van der Waals surface area contributed by atoms with Crippen molar-refractivity contribution >= 4 is 22.9 Å². The van der Waals surface area contributed by atoms with Crippen molar-refractivity contribution in [1.82, 2.24) is 19.9 Å². The van der Waals surface area contributed by atoms with Crippen LogP contribution in [0.1, 0.15) is 60.5 Å². The highest BCUT2D eigenvalue weighted by Crippen LogP contribution is 2.40. The molecule has 2 aromatic heterocycles. The van der Waals surface area contributed by atoms with Gasteiger partial charge in [0.1, 0.15) is 11.2 Å². The molecule has 0 unspecified atom stereocenters. The predicted octanol–water partition coefficient (Wildman–Crippen LogP) is 0.626. The van der Waals surface area contributed by atoms with Gasteiger partial charge in [-0.2, -0.15) is 0 Å². The summed E-state index contributed by atoms with van der Waals surface area (Å²) in [6, 6.07) is 1.56. The van der Waals surface area contributed by atoms with Crippen LogP contribution in [0.15, 0.2) is 15.7 Å². The van der Waals surface area contributed by atoms with E-state index in [0.29, 0.717) is 31.4 Å². The number of hydrogen-bond acceptors (Lipinski definition) is 5. The molecule has 3 N–H and O–H groups in total. The summed E-state index contributed by atoms with van der Waals surface area (Å²) >= 11 is 0. The van der Waals surface area contributed by atoms with Crippen LogP contribution < -0.4 is 16.6 Å². The molecule has 142 valence electrons. The zero-order valence-corrected chi connectivity index (χ0v) is 14.9. The third kappa shape index (κ3) is 2.83. The maximum absolute atomic E-state index is 13.0. The molecule has 0 radical (unpaired) electrons. The van der Waals surface area contributed by atoms with Crippen LogP contribution in [-0.2, 0) is 11.8 Å². The Kier molecular flexibility index (Phi) is 3.90. The Labute approximate surface area is 153 Å². The van der Waals surface area contributed by atoms with Gasteiger partial charge in [-0.05, 0) is 31.7 Å². The third-order valence-corrected chi connectivity index (χ3v) is 5.55. The second-order valence-electron chi connectivity index (χ2n) is 7.43. The number of rotatable bonds is 4. The molecule has 9 heteroatoms. The summed E-state index contributed by atoms with van der Waals surface area (Å²) in [6.07, 6.45) is 3.98. The van der Waals surface area contributed by atoms with E-state index in [1.165, 1.54) is 11.6 Å². The van der Waals surface area contributed by atoms with E-state index >= 15 is 0 Å². The first-order valence-corrected chi connectivity index (χ1v) is 9.02. The molecule has 4 rings (SSSR count).